The Balaban J connectivity index is 1.42. The normalized spacial score (nSPS) is 13.5. The molecule has 4 N–H and O–H groups in total. The summed E-state index contributed by atoms with van der Waals surface area (Å²) in [7, 11) is 0. The lowest BCUT2D eigenvalue weighted by Crippen LogP contribution is -2.26. The predicted octanol–water partition coefficient (Wildman–Crippen LogP) is 3.16. The van der Waals surface area contributed by atoms with Crippen LogP contribution < -0.4 is 25.8 Å². The van der Waals surface area contributed by atoms with E-state index in [1.54, 1.807) is 12.1 Å². The fourth-order valence-electron chi connectivity index (χ4n) is 2.64. The van der Waals surface area contributed by atoms with Crippen molar-refractivity contribution in [2.45, 2.75) is 12.8 Å². The molecule has 7 nitrogen and oxygen atoms in total. The Morgan fingerprint density at radius 1 is 1.14 bits per heavy atom. The lowest BCUT2D eigenvalue weighted by Gasteiger charge is -2.10. The number of ether oxygens (including phenoxy) is 2. The summed E-state index contributed by atoms with van der Waals surface area (Å²) in [4.78, 5) is 16.3. The summed E-state index contributed by atoms with van der Waals surface area (Å²) in [6.45, 7) is 2.31. The van der Waals surface area contributed by atoms with Gasteiger partial charge in [0, 0.05) is 41.3 Å². The molecule has 0 bridgehead atoms. The van der Waals surface area contributed by atoms with E-state index in [0.717, 1.165) is 22.3 Å². The molecule has 148 valence electrons. The van der Waals surface area contributed by atoms with Crippen molar-refractivity contribution >= 4 is 33.5 Å². The minimum atomic E-state index is -0.108. The fourth-order valence-corrected chi connectivity index (χ4v) is 3.04. The maximum Gasteiger partial charge on any atom is 0.251 e. The molecule has 0 atom stereocenters. The number of aliphatic imine (C=N–C) groups is 1. The Hall–Kier alpha value is -2.74. The molecule has 0 fully saturated rings. The summed E-state index contributed by atoms with van der Waals surface area (Å²) < 4.78 is 12.1. The van der Waals surface area contributed by atoms with Gasteiger partial charge in [-0.3, -0.25) is 9.79 Å². The van der Waals surface area contributed by atoms with E-state index in [9.17, 15) is 4.79 Å². The summed E-state index contributed by atoms with van der Waals surface area (Å²) in [6.07, 6.45) is 1.54. The molecule has 0 radical (unpaired) electrons. The molecule has 1 aliphatic rings. The molecule has 0 saturated heterocycles. The number of fused-ring (bicyclic) bond motifs is 1. The van der Waals surface area contributed by atoms with Crippen molar-refractivity contribution in [3.05, 3.63) is 52.5 Å². The van der Waals surface area contributed by atoms with E-state index in [0.29, 0.717) is 50.0 Å². The number of hydrogen-bond donors (Lipinski definition) is 3. The van der Waals surface area contributed by atoms with Crippen LogP contribution in [0, 0.1) is 0 Å². The molecule has 0 spiro atoms. The number of guanidine groups is 1. The fraction of sp³-hybridized carbons (Fsp3) is 0.300. The Morgan fingerprint density at radius 2 is 1.96 bits per heavy atom. The van der Waals surface area contributed by atoms with Gasteiger partial charge in [0.25, 0.3) is 5.91 Å². The van der Waals surface area contributed by atoms with E-state index in [1.807, 2.05) is 30.3 Å². The van der Waals surface area contributed by atoms with Crippen LogP contribution in [0.4, 0.5) is 5.69 Å². The first kappa shape index (κ1) is 20.0. The molecule has 8 heteroatoms. The summed E-state index contributed by atoms with van der Waals surface area (Å²) >= 11 is 3.36. The second-order valence-corrected chi connectivity index (χ2v) is 7.14. The van der Waals surface area contributed by atoms with Gasteiger partial charge in [-0.05, 0) is 36.8 Å². The SMILES string of the molecule is NC(=NCCCNC(=O)c1cccc(Br)c1)Nc1ccc2c(c1)OCCCO2. The highest BCUT2D eigenvalue weighted by molar-refractivity contribution is 9.10. The monoisotopic (exact) mass is 446 g/mol. The molecule has 2 aromatic carbocycles. The molecule has 0 saturated carbocycles. The zero-order chi connectivity index (χ0) is 19.8. The number of halogens is 1. The maximum absolute atomic E-state index is 12.1. The van der Waals surface area contributed by atoms with E-state index in [-0.39, 0.29) is 5.91 Å². The predicted molar refractivity (Wildman–Crippen MR) is 113 cm³/mol. The molecule has 2 aromatic rings. The van der Waals surface area contributed by atoms with Gasteiger partial charge in [0.15, 0.2) is 17.5 Å². The summed E-state index contributed by atoms with van der Waals surface area (Å²) in [5, 5.41) is 5.91. The van der Waals surface area contributed by atoms with Gasteiger partial charge in [-0.15, -0.1) is 0 Å². The van der Waals surface area contributed by atoms with Crippen LogP contribution in [0.3, 0.4) is 0 Å². The van der Waals surface area contributed by atoms with Crippen molar-refractivity contribution in [1.29, 1.82) is 0 Å². The second kappa shape index (κ2) is 9.98. The first-order chi connectivity index (χ1) is 13.6. The first-order valence-electron chi connectivity index (χ1n) is 9.12. The molecular formula is C20H23BrN4O3. The van der Waals surface area contributed by atoms with Crippen molar-refractivity contribution < 1.29 is 14.3 Å². The first-order valence-corrected chi connectivity index (χ1v) is 9.91. The maximum atomic E-state index is 12.1. The van der Waals surface area contributed by atoms with E-state index in [4.69, 9.17) is 15.2 Å². The summed E-state index contributed by atoms with van der Waals surface area (Å²) in [5.41, 5.74) is 7.34. The van der Waals surface area contributed by atoms with Crippen LogP contribution >= 0.6 is 15.9 Å². The van der Waals surface area contributed by atoms with Gasteiger partial charge in [-0.1, -0.05) is 22.0 Å². The van der Waals surface area contributed by atoms with Gasteiger partial charge < -0.3 is 25.8 Å². The van der Waals surface area contributed by atoms with Gasteiger partial charge in [0.05, 0.1) is 13.2 Å². The van der Waals surface area contributed by atoms with Crippen LogP contribution in [-0.4, -0.2) is 38.2 Å². The number of amides is 1. The quantitative estimate of drug-likeness (QED) is 0.359. The number of hydrogen-bond acceptors (Lipinski definition) is 4. The lowest BCUT2D eigenvalue weighted by molar-refractivity contribution is 0.0953. The molecule has 3 rings (SSSR count). The molecule has 0 aliphatic carbocycles. The van der Waals surface area contributed by atoms with Crippen molar-refractivity contribution in [2.24, 2.45) is 10.7 Å². The Morgan fingerprint density at radius 3 is 2.79 bits per heavy atom. The number of anilines is 1. The highest BCUT2D eigenvalue weighted by Crippen LogP contribution is 2.32. The summed E-state index contributed by atoms with van der Waals surface area (Å²) in [6, 6.07) is 12.8. The molecule has 0 unspecified atom stereocenters. The lowest BCUT2D eigenvalue weighted by atomic mass is 10.2. The Bertz CT molecular complexity index is 857. The third-order valence-corrected chi connectivity index (χ3v) is 4.50. The molecule has 1 heterocycles. The third-order valence-electron chi connectivity index (χ3n) is 4.01. The summed E-state index contributed by atoms with van der Waals surface area (Å²) in [5.74, 6) is 1.64. The number of benzene rings is 2. The average Bonchev–Trinajstić information content (AvgIpc) is 2.92. The number of carbonyl (C=O) groups excluding carboxylic acids is 1. The van der Waals surface area contributed by atoms with Crippen molar-refractivity contribution in [2.75, 3.05) is 31.6 Å². The van der Waals surface area contributed by atoms with Crippen molar-refractivity contribution in [3.63, 3.8) is 0 Å². The van der Waals surface area contributed by atoms with Crippen LogP contribution in [0.1, 0.15) is 23.2 Å². The highest BCUT2D eigenvalue weighted by Gasteiger charge is 2.11. The molecule has 28 heavy (non-hydrogen) atoms. The van der Waals surface area contributed by atoms with Gasteiger partial charge in [-0.25, -0.2) is 0 Å². The van der Waals surface area contributed by atoms with Crippen molar-refractivity contribution in [1.82, 2.24) is 5.32 Å². The Labute approximate surface area is 172 Å². The molecule has 1 amide bonds. The van der Waals surface area contributed by atoms with Crippen LogP contribution in [0.5, 0.6) is 11.5 Å². The van der Waals surface area contributed by atoms with Gasteiger partial charge >= 0.3 is 0 Å². The molecule has 1 aliphatic heterocycles. The van der Waals surface area contributed by atoms with Gasteiger partial charge in [-0.2, -0.15) is 0 Å². The zero-order valence-electron chi connectivity index (χ0n) is 15.4. The van der Waals surface area contributed by atoms with Crippen molar-refractivity contribution in [3.8, 4) is 11.5 Å². The second-order valence-electron chi connectivity index (χ2n) is 6.22. The van der Waals surface area contributed by atoms with Crippen LogP contribution in [0.15, 0.2) is 51.9 Å². The van der Waals surface area contributed by atoms with E-state index < -0.39 is 0 Å². The largest absolute Gasteiger partial charge is 0.490 e. The van der Waals surface area contributed by atoms with Crippen LogP contribution in [0.2, 0.25) is 0 Å². The van der Waals surface area contributed by atoms with Gasteiger partial charge in [0.1, 0.15) is 0 Å². The van der Waals surface area contributed by atoms with Crippen LogP contribution in [0.25, 0.3) is 0 Å². The molecular weight excluding hydrogens is 424 g/mol. The minimum absolute atomic E-state index is 0.108. The highest BCUT2D eigenvalue weighted by atomic mass is 79.9. The topological polar surface area (TPSA) is 98.0 Å². The van der Waals surface area contributed by atoms with E-state index >= 15 is 0 Å². The van der Waals surface area contributed by atoms with E-state index in [2.05, 4.69) is 31.6 Å². The number of carbonyl (C=O) groups is 1. The van der Waals surface area contributed by atoms with Gasteiger partial charge in [0.2, 0.25) is 0 Å². The Kier molecular flexibility index (Phi) is 7.13. The zero-order valence-corrected chi connectivity index (χ0v) is 17.0. The minimum Gasteiger partial charge on any atom is -0.490 e. The smallest absolute Gasteiger partial charge is 0.251 e. The van der Waals surface area contributed by atoms with Crippen LogP contribution in [-0.2, 0) is 0 Å². The number of rotatable bonds is 6. The third kappa shape index (κ3) is 5.88. The number of nitrogens with two attached hydrogens (primary N) is 1. The average molecular weight is 447 g/mol. The molecule has 0 aromatic heterocycles. The standard InChI is InChI=1S/C20H23BrN4O3/c21-15-5-1-4-14(12-15)19(26)23-8-2-9-24-20(22)25-16-6-7-17-18(13-16)28-11-3-10-27-17/h1,4-7,12-13H,2-3,8-11H2,(H,23,26)(H3,22,24,25). The number of nitrogens with zero attached hydrogens (tertiary/aromatic N) is 1. The number of nitrogens with one attached hydrogen (secondary N) is 2. The van der Waals surface area contributed by atoms with E-state index in [1.165, 1.54) is 0 Å².